The van der Waals surface area contributed by atoms with Crippen molar-refractivity contribution >= 4 is 62.3 Å². The molecule has 1 N–H and O–H groups in total. The van der Waals surface area contributed by atoms with E-state index in [0.717, 1.165) is 53.1 Å². The fraction of sp³-hybridized carbons (Fsp3) is 0.450. The summed E-state index contributed by atoms with van der Waals surface area (Å²) in [7, 11) is 0. The number of pyridine rings is 1. The van der Waals surface area contributed by atoms with Gasteiger partial charge in [0, 0.05) is 76.1 Å². The van der Waals surface area contributed by atoms with Crippen LogP contribution in [0, 0.1) is 42.3 Å². The second-order valence-electron chi connectivity index (χ2n) is 15.3. The summed E-state index contributed by atoms with van der Waals surface area (Å²) in [6.07, 6.45) is 3.89. The number of nitrogens with zero attached hydrogens (tertiary/aromatic N) is 5. The van der Waals surface area contributed by atoms with Gasteiger partial charge in [0.25, 0.3) is 0 Å². The van der Waals surface area contributed by atoms with Crippen molar-refractivity contribution in [3.05, 3.63) is 79.2 Å². The summed E-state index contributed by atoms with van der Waals surface area (Å²) < 4.78 is 26.1. The lowest BCUT2D eigenvalue weighted by molar-refractivity contribution is -0.138. The number of fused-ring (bicyclic) bond motifs is 4. The van der Waals surface area contributed by atoms with Gasteiger partial charge in [-0.3, -0.25) is 4.79 Å². The number of aryl methyl sites for hydroxylation is 3. The van der Waals surface area contributed by atoms with Crippen LogP contribution in [0.3, 0.4) is 0 Å². The monoisotopic (exact) mass is 756 g/mol. The van der Waals surface area contributed by atoms with Crippen LogP contribution < -0.4 is 5.32 Å². The molecule has 2 bridgehead atoms. The van der Waals surface area contributed by atoms with Gasteiger partial charge in [-0.1, -0.05) is 42.3 Å². The number of likely N-dealkylation sites (tertiary alicyclic amines) is 1. The fourth-order valence-electron chi connectivity index (χ4n) is 8.95. The summed E-state index contributed by atoms with van der Waals surface area (Å²) >= 11 is 14.7. The normalized spacial score (nSPS) is 24.5. The van der Waals surface area contributed by atoms with E-state index in [9.17, 15) is 10.1 Å². The minimum atomic E-state index is -0.478. The second kappa shape index (κ2) is 12.8. The number of aromatic nitrogens is 3. The number of ether oxygens (including phenoxy) is 1. The molecule has 0 radical (unpaired) electrons. The standard InChI is InChI=1S/C40H39Cl2FN6O2S/c1-20-27-15-32(31-14-25(51-18-24-19-52-21(2)47-24)17-48(31)39(50)40(3)9-10-40)49(37-23-13-30(37)45-16-23)38(27)28-12-22(6-5-11-44)33(35(43)36(28)46-20)26-7-4-8-29(41)34(26)42/h4,7-8,12,15,19,23,25,30-31,37,45H,5-6,9-10,13-14,16-18H2,1-3H3/t23-,25+,30-,31-,37+/m1/s1. The predicted octanol–water partition coefficient (Wildman–Crippen LogP) is 9.02. The highest BCUT2D eigenvalue weighted by atomic mass is 35.5. The average Bonchev–Trinajstić information content (AvgIpc) is 3.73. The molecule has 10 rings (SSSR count). The van der Waals surface area contributed by atoms with Gasteiger partial charge >= 0.3 is 0 Å². The van der Waals surface area contributed by atoms with Crippen LogP contribution in [0.5, 0.6) is 0 Å². The number of nitriles is 1. The van der Waals surface area contributed by atoms with E-state index in [2.05, 4.69) is 38.8 Å². The van der Waals surface area contributed by atoms with Gasteiger partial charge in [-0.05, 0) is 69.2 Å². The molecule has 2 aromatic carbocycles. The lowest BCUT2D eigenvalue weighted by Gasteiger charge is -2.39. The van der Waals surface area contributed by atoms with Gasteiger partial charge in [0.15, 0.2) is 5.82 Å². The zero-order chi connectivity index (χ0) is 36.1. The van der Waals surface area contributed by atoms with Crippen LogP contribution in [0.25, 0.3) is 32.9 Å². The quantitative estimate of drug-likeness (QED) is 0.161. The zero-order valence-electron chi connectivity index (χ0n) is 29.3. The van der Waals surface area contributed by atoms with Crippen LogP contribution in [0.4, 0.5) is 4.39 Å². The third-order valence-corrected chi connectivity index (χ3v) is 13.6. The molecule has 0 unspecified atom stereocenters. The molecule has 2 saturated carbocycles. The smallest absolute Gasteiger partial charge is 0.229 e. The van der Waals surface area contributed by atoms with Crippen molar-refractivity contribution < 1.29 is 13.9 Å². The van der Waals surface area contributed by atoms with E-state index in [1.54, 1.807) is 29.5 Å². The summed E-state index contributed by atoms with van der Waals surface area (Å²) in [6.45, 7) is 7.82. The van der Waals surface area contributed by atoms with Crippen molar-refractivity contribution in [2.24, 2.45) is 11.3 Å². The molecule has 3 aromatic heterocycles. The van der Waals surface area contributed by atoms with Crippen LogP contribution in [0.15, 0.2) is 35.7 Å². The molecule has 268 valence electrons. The van der Waals surface area contributed by atoms with Crippen molar-refractivity contribution in [2.45, 2.75) is 90.1 Å². The Labute approximate surface area is 315 Å². The summed E-state index contributed by atoms with van der Waals surface area (Å²) in [5, 5.41) is 18.6. The third-order valence-electron chi connectivity index (χ3n) is 11.9. The van der Waals surface area contributed by atoms with Crippen molar-refractivity contribution in [2.75, 3.05) is 13.1 Å². The number of hydrogen-bond donors (Lipinski definition) is 1. The molecule has 12 heteroatoms. The maximum absolute atomic E-state index is 17.2. The van der Waals surface area contributed by atoms with E-state index < -0.39 is 5.82 Å². The lowest BCUT2D eigenvalue weighted by Crippen LogP contribution is -2.41. The number of amides is 1. The number of carbonyl (C=O) groups is 1. The molecule has 8 nitrogen and oxygen atoms in total. The number of rotatable bonds is 9. The lowest BCUT2D eigenvalue weighted by atomic mass is 9.79. The Balaban J connectivity index is 1.24. The Morgan fingerprint density at radius 2 is 2.02 bits per heavy atom. The van der Waals surface area contributed by atoms with E-state index in [-0.39, 0.29) is 52.5 Å². The molecule has 3 saturated heterocycles. The number of thiazole rings is 1. The Morgan fingerprint density at radius 3 is 2.71 bits per heavy atom. The van der Waals surface area contributed by atoms with Gasteiger partial charge < -0.3 is 19.5 Å². The Hall–Kier alpha value is -3.59. The van der Waals surface area contributed by atoms with Crippen molar-refractivity contribution in [1.82, 2.24) is 24.8 Å². The first-order valence-corrected chi connectivity index (χ1v) is 19.7. The van der Waals surface area contributed by atoms with Crippen LogP contribution in [0.2, 0.25) is 10.0 Å². The van der Waals surface area contributed by atoms with Gasteiger partial charge in [-0.25, -0.2) is 14.4 Å². The number of carbonyl (C=O) groups excluding carboxylic acids is 1. The van der Waals surface area contributed by atoms with Gasteiger partial charge in [0.05, 0.1) is 57.1 Å². The van der Waals surface area contributed by atoms with Crippen molar-refractivity contribution in [3.8, 4) is 17.2 Å². The maximum atomic E-state index is 17.2. The van der Waals surface area contributed by atoms with Gasteiger partial charge in [-0.2, -0.15) is 5.26 Å². The van der Waals surface area contributed by atoms with E-state index in [1.165, 1.54) is 0 Å². The first-order valence-electron chi connectivity index (χ1n) is 18.1. The maximum Gasteiger partial charge on any atom is 0.229 e. The Morgan fingerprint density at radius 1 is 1.19 bits per heavy atom. The molecular weight excluding hydrogens is 718 g/mol. The molecule has 6 heterocycles. The van der Waals surface area contributed by atoms with Gasteiger partial charge in [0.2, 0.25) is 5.91 Å². The van der Waals surface area contributed by atoms with Gasteiger partial charge in [-0.15, -0.1) is 11.3 Å². The summed E-state index contributed by atoms with van der Waals surface area (Å²) in [5.41, 5.74) is 4.98. The number of hydrogen-bond acceptors (Lipinski definition) is 7. The first kappa shape index (κ1) is 34.2. The van der Waals surface area contributed by atoms with E-state index >= 15 is 4.39 Å². The molecular formula is C40H39Cl2FN6O2S. The van der Waals surface area contributed by atoms with Crippen molar-refractivity contribution in [1.29, 1.82) is 5.26 Å². The zero-order valence-corrected chi connectivity index (χ0v) is 31.6. The fourth-order valence-corrected chi connectivity index (χ4v) is 9.94. The molecule has 3 aliphatic heterocycles. The highest BCUT2D eigenvalue weighted by Gasteiger charge is 2.53. The highest BCUT2D eigenvalue weighted by molar-refractivity contribution is 7.09. The highest BCUT2D eigenvalue weighted by Crippen LogP contribution is 2.53. The van der Waals surface area contributed by atoms with Crippen molar-refractivity contribution in [3.63, 3.8) is 0 Å². The predicted molar refractivity (Wildman–Crippen MR) is 202 cm³/mol. The summed E-state index contributed by atoms with van der Waals surface area (Å²) in [5.74, 6) is 0.114. The SMILES string of the molecule is Cc1nc(CO[C@H]2C[C@H](c3cc4c(C)nc5c(F)c(-c6cccc(Cl)c6Cl)c(CCC#N)cc5c4n3[C@H]3[C@H]4CN[C@@H]3C4)N(C(=O)C3(C)CC3)C2)cs1. The third kappa shape index (κ3) is 5.46. The number of benzene rings is 2. The van der Waals surface area contributed by atoms with Gasteiger partial charge in [0.1, 0.15) is 5.52 Å². The summed E-state index contributed by atoms with van der Waals surface area (Å²) in [4.78, 5) is 25.9. The first-order chi connectivity index (χ1) is 25.1. The molecule has 5 fully saturated rings. The number of nitrogens with one attached hydrogen (secondary N) is 1. The average molecular weight is 758 g/mol. The molecule has 0 spiro atoms. The number of halogens is 3. The molecule has 5 aliphatic rings. The van der Waals surface area contributed by atoms with Crippen LogP contribution in [-0.4, -0.2) is 50.6 Å². The van der Waals surface area contributed by atoms with Crippen LogP contribution in [0.1, 0.15) is 78.8 Å². The molecule has 2 aliphatic carbocycles. The Bertz CT molecular complexity index is 2310. The minimum Gasteiger partial charge on any atom is -0.370 e. The van der Waals surface area contributed by atoms with Crippen LogP contribution in [-0.2, 0) is 22.6 Å². The minimum absolute atomic E-state index is 0.150. The Kier molecular flexibility index (Phi) is 8.40. The van der Waals surface area contributed by atoms with E-state index in [0.29, 0.717) is 64.7 Å². The second-order valence-corrected chi connectivity index (χ2v) is 17.2. The topological polar surface area (TPSA) is 96.1 Å². The molecule has 1 amide bonds. The largest absolute Gasteiger partial charge is 0.370 e. The summed E-state index contributed by atoms with van der Waals surface area (Å²) in [6, 6.07) is 11.9. The van der Waals surface area contributed by atoms with E-state index in [1.807, 2.05) is 25.3 Å². The van der Waals surface area contributed by atoms with E-state index in [4.69, 9.17) is 32.9 Å². The molecule has 5 aromatic rings. The molecule has 5 atom stereocenters. The molecule has 52 heavy (non-hydrogen) atoms. The van der Waals surface area contributed by atoms with Crippen LogP contribution >= 0.6 is 34.5 Å².